The first-order valence-corrected chi connectivity index (χ1v) is 8.26. The van der Waals surface area contributed by atoms with Crippen LogP contribution in [-0.4, -0.2) is 11.3 Å². The number of halogens is 2. The van der Waals surface area contributed by atoms with Gasteiger partial charge in [-0.3, -0.25) is 4.99 Å². The van der Waals surface area contributed by atoms with Crippen LogP contribution in [0.1, 0.15) is 58.2 Å². The first-order valence-electron chi connectivity index (χ1n) is 8.26. The summed E-state index contributed by atoms with van der Waals surface area (Å²) in [6.07, 6.45) is 1.39. The average molecular weight is 345 g/mol. The largest absolute Gasteiger partial charge is 0.507 e. The van der Waals surface area contributed by atoms with Crippen LogP contribution in [0.25, 0.3) is 0 Å². The summed E-state index contributed by atoms with van der Waals surface area (Å²) in [7, 11) is 0. The molecule has 0 aromatic heterocycles. The molecular formula is C21H25F2NO. The summed E-state index contributed by atoms with van der Waals surface area (Å²) < 4.78 is 27.1. The van der Waals surface area contributed by atoms with Crippen LogP contribution in [0.2, 0.25) is 0 Å². The molecule has 0 saturated carbocycles. The van der Waals surface area contributed by atoms with Gasteiger partial charge < -0.3 is 5.11 Å². The molecule has 0 saturated heterocycles. The van der Waals surface area contributed by atoms with Gasteiger partial charge in [0.2, 0.25) is 0 Å². The van der Waals surface area contributed by atoms with E-state index in [1.165, 1.54) is 6.21 Å². The van der Waals surface area contributed by atoms with Gasteiger partial charge in [0.15, 0.2) is 0 Å². The van der Waals surface area contributed by atoms with E-state index in [0.717, 1.165) is 29.3 Å². The van der Waals surface area contributed by atoms with Crippen molar-refractivity contribution in [3.05, 3.63) is 58.7 Å². The van der Waals surface area contributed by atoms with E-state index in [2.05, 4.69) is 25.8 Å². The molecule has 0 amide bonds. The molecule has 2 rings (SSSR count). The Morgan fingerprint density at radius 1 is 0.920 bits per heavy atom. The van der Waals surface area contributed by atoms with Gasteiger partial charge in [0.25, 0.3) is 0 Å². The highest BCUT2D eigenvalue weighted by Crippen LogP contribution is 2.37. The molecule has 1 N–H and O–H groups in total. The Hall–Kier alpha value is -2.23. The van der Waals surface area contributed by atoms with Crippen molar-refractivity contribution in [3.63, 3.8) is 0 Å². The molecule has 0 radical (unpaired) electrons. The summed E-state index contributed by atoms with van der Waals surface area (Å²) in [5.74, 6) is -1.06. The summed E-state index contributed by atoms with van der Waals surface area (Å²) >= 11 is 0. The summed E-state index contributed by atoms with van der Waals surface area (Å²) in [6, 6.07) is 6.94. The average Bonchev–Trinajstić information content (AvgIpc) is 2.47. The zero-order valence-electron chi connectivity index (χ0n) is 15.6. The third-order valence-corrected chi connectivity index (χ3v) is 4.06. The molecule has 0 aliphatic heterocycles. The van der Waals surface area contributed by atoms with E-state index in [0.29, 0.717) is 5.56 Å². The van der Waals surface area contributed by atoms with Crippen LogP contribution in [-0.2, 0) is 10.8 Å². The van der Waals surface area contributed by atoms with Crippen LogP contribution < -0.4 is 0 Å². The normalized spacial score (nSPS) is 12.8. The van der Waals surface area contributed by atoms with Crippen molar-refractivity contribution in [2.24, 2.45) is 4.99 Å². The Bertz CT molecular complexity index is 812. The standard InChI is InChI=1S/C21H25F2NO/c1-20(2,3)14-9-13(19(25)16(10-14)21(4,5)6)12-24-18-11-15(22)7-8-17(18)23/h7-12,25H,1-6H3. The zero-order chi connectivity index (χ0) is 19.0. The fourth-order valence-electron chi connectivity index (χ4n) is 2.48. The van der Waals surface area contributed by atoms with Crippen molar-refractivity contribution in [2.45, 2.75) is 52.4 Å². The summed E-state index contributed by atoms with van der Waals surface area (Å²) in [5, 5.41) is 10.7. The van der Waals surface area contributed by atoms with Gasteiger partial charge in [0.1, 0.15) is 23.1 Å². The SMILES string of the molecule is CC(C)(C)c1cc(C=Nc2cc(F)ccc2F)c(O)c(C(C)(C)C)c1. The van der Waals surface area contributed by atoms with Gasteiger partial charge in [-0.2, -0.15) is 0 Å². The number of aliphatic imine (C=N–C) groups is 1. The molecule has 0 unspecified atom stereocenters. The monoisotopic (exact) mass is 345 g/mol. The number of nitrogens with zero attached hydrogens (tertiary/aromatic N) is 1. The molecule has 0 heterocycles. The minimum atomic E-state index is -0.611. The maximum absolute atomic E-state index is 13.8. The molecule has 0 aliphatic rings. The molecule has 2 nitrogen and oxygen atoms in total. The predicted molar refractivity (Wildman–Crippen MR) is 99.1 cm³/mol. The predicted octanol–water partition coefficient (Wildman–Crippen LogP) is 6.02. The number of rotatable bonds is 2. The number of phenolic OH excluding ortho intramolecular Hbond substituents is 1. The van der Waals surface area contributed by atoms with Crippen molar-refractivity contribution in [3.8, 4) is 5.75 Å². The van der Waals surface area contributed by atoms with Crippen molar-refractivity contribution in [2.75, 3.05) is 0 Å². The lowest BCUT2D eigenvalue weighted by molar-refractivity contribution is 0.444. The van der Waals surface area contributed by atoms with E-state index in [1.807, 2.05) is 32.9 Å². The number of hydrogen-bond acceptors (Lipinski definition) is 2. The Kier molecular flexibility index (Phi) is 5.03. The molecule has 0 atom stereocenters. The van der Waals surface area contributed by atoms with E-state index in [9.17, 15) is 13.9 Å². The Labute approximate surface area is 148 Å². The summed E-state index contributed by atoms with van der Waals surface area (Å²) in [4.78, 5) is 4.04. The summed E-state index contributed by atoms with van der Waals surface area (Å²) in [6.45, 7) is 12.3. The zero-order valence-corrected chi connectivity index (χ0v) is 15.6. The van der Waals surface area contributed by atoms with Crippen molar-refractivity contribution in [1.82, 2.24) is 0 Å². The van der Waals surface area contributed by atoms with Gasteiger partial charge in [-0.05, 0) is 34.6 Å². The second-order valence-electron chi connectivity index (χ2n) is 8.32. The number of phenols is 1. The van der Waals surface area contributed by atoms with Gasteiger partial charge in [-0.1, -0.05) is 47.6 Å². The van der Waals surface area contributed by atoms with Crippen LogP contribution in [0.5, 0.6) is 5.75 Å². The quantitative estimate of drug-likeness (QED) is 0.664. The molecule has 0 fully saturated rings. The number of benzene rings is 2. The van der Waals surface area contributed by atoms with Crippen molar-refractivity contribution >= 4 is 11.9 Å². The molecular weight excluding hydrogens is 320 g/mol. The smallest absolute Gasteiger partial charge is 0.149 e. The number of hydrogen-bond donors (Lipinski definition) is 1. The second-order valence-corrected chi connectivity index (χ2v) is 8.32. The van der Waals surface area contributed by atoms with Crippen LogP contribution in [0.4, 0.5) is 14.5 Å². The highest BCUT2D eigenvalue weighted by molar-refractivity contribution is 5.86. The van der Waals surface area contributed by atoms with Crippen molar-refractivity contribution in [1.29, 1.82) is 0 Å². The fourth-order valence-corrected chi connectivity index (χ4v) is 2.48. The van der Waals surface area contributed by atoms with E-state index in [4.69, 9.17) is 0 Å². The lowest BCUT2D eigenvalue weighted by Crippen LogP contribution is -2.17. The Balaban J connectivity index is 2.60. The highest BCUT2D eigenvalue weighted by atomic mass is 19.1. The van der Waals surface area contributed by atoms with E-state index in [1.54, 1.807) is 0 Å². The lowest BCUT2D eigenvalue weighted by Gasteiger charge is -2.26. The van der Waals surface area contributed by atoms with E-state index < -0.39 is 11.6 Å². The van der Waals surface area contributed by atoms with E-state index >= 15 is 0 Å². The van der Waals surface area contributed by atoms with Crippen LogP contribution in [0.3, 0.4) is 0 Å². The van der Waals surface area contributed by atoms with Crippen molar-refractivity contribution < 1.29 is 13.9 Å². The van der Waals surface area contributed by atoms with Gasteiger partial charge in [0, 0.05) is 23.4 Å². The van der Waals surface area contributed by atoms with Gasteiger partial charge in [0.05, 0.1) is 0 Å². The Morgan fingerprint density at radius 3 is 2.12 bits per heavy atom. The molecule has 2 aromatic rings. The fraction of sp³-hybridized carbons (Fsp3) is 0.381. The lowest BCUT2D eigenvalue weighted by atomic mass is 9.79. The minimum absolute atomic E-state index is 0.0992. The van der Waals surface area contributed by atoms with Gasteiger partial charge >= 0.3 is 0 Å². The maximum Gasteiger partial charge on any atom is 0.149 e. The second kappa shape index (κ2) is 6.58. The molecule has 2 aromatic carbocycles. The van der Waals surface area contributed by atoms with Gasteiger partial charge in [-0.25, -0.2) is 8.78 Å². The molecule has 25 heavy (non-hydrogen) atoms. The maximum atomic E-state index is 13.8. The van der Waals surface area contributed by atoms with E-state index in [-0.39, 0.29) is 22.3 Å². The third-order valence-electron chi connectivity index (χ3n) is 4.06. The molecule has 0 aliphatic carbocycles. The molecule has 4 heteroatoms. The van der Waals surface area contributed by atoms with Crippen LogP contribution >= 0.6 is 0 Å². The summed E-state index contributed by atoms with van der Waals surface area (Å²) in [5.41, 5.74) is 1.83. The minimum Gasteiger partial charge on any atom is -0.507 e. The van der Waals surface area contributed by atoms with Crippen LogP contribution in [0, 0.1) is 11.6 Å². The molecule has 0 spiro atoms. The molecule has 0 bridgehead atoms. The first kappa shape index (κ1) is 19.1. The Morgan fingerprint density at radius 2 is 1.56 bits per heavy atom. The van der Waals surface area contributed by atoms with Gasteiger partial charge in [-0.15, -0.1) is 0 Å². The highest BCUT2D eigenvalue weighted by Gasteiger charge is 2.24. The number of aromatic hydroxyl groups is 1. The third kappa shape index (κ3) is 4.44. The first-order chi connectivity index (χ1) is 11.4. The topological polar surface area (TPSA) is 32.6 Å². The molecule has 134 valence electrons. The van der Waals surface area contributed by atoms with Crippen LogP contribution in [0.15, 0.2) is 35.3 Å².